The molecule has 27 heavy (non-hydrogen) atoms. The van der Waals surface area contributed by atoms with Crippen LogP contribution in [0.2, 0.25) is 0 Å². The maximum Gasteiger partial charge on any atom is 0.321 e. The maximum atomic E-state index is 12.5. The Morgan fingerprint density at radius 1 is 0.889 bits per heavy atom. The molecule has 0 aliphatic carbocycles. The number of rotatable bonds is 4. The van der Waals surface area contributed by atoms with Crippen LogP contribution < -0.4 is 10.6 Å². The van der Waals surface area contributed by atoms with E-state index < -0.39 is 0 Å². The minimum Gasteiger partial charge on any atom is -0.355 e. The molecule has 1 aliphatic rings. The number of anilines is 1. The lowest BCUT2D eigenvalue weighted by Crippen LogP contribution is -2.42. The molecule has 1 aliphatic heterocycles. The summed E-state index contributed by atoms with van der Waals surface area (Å²) in [7, 11) is 1.57. The number of benzene rings is 2. The van der Waals surface area contributed by atoms with Crippen LogP contribution in [0.15, 0.2) is 54.6 Å². The van der Waals surface area contributed by atoms with E-state index in [1.807, 2.05) is 30.3 Å². The number of nitrogens with zero attached hydrogens (tertiary/aromatic N) is 1. The van der Waals surface area contributed by atoms with Gasteiger partial charge in [0.25, 0.3) is 5.91 Å². The van der Waals surface area contributed by atoms with Crippen molar-refractivity contribution >= 4 is 23.4 Å². The lowest BCUT2D eigenvalue weighted by molar-refractivity contribution is 0.0858. The second-order valence-corrected chi connectivity index (χ2v) is 6.58. The third-order valence-electron chi connectivity index (χ3n) is 4.84. The fourth-order valence-corrected chi connectivity index (χ4v) is 3.23. The number of Topliss-reactive ketones (excluding diaryl/α,β-unsaturated/α-hetero) is 1. The van der Waals surface area contributed by atoms with E-state index in [9.17, 15) is 14.4 Å². The van der Waals surface area contributed by atoms with Crippen LogP contribution in [-0.4, -0.2) is 42.8 Å². The monoisotopic (exact) mass is 365 g/mol. The zero-order chi connectivity index (χ0) is 19.2. The lowest BCUT2D eigenvalue weighted by Gasteiger charge is -2.31. The highest BCUT2D eigenvalue weighted by atomic mass is 16.2. The Hall–Kier alpha value is -3.15. The fourth-order valence-electron chi connectivity index (χ4n) is 3.23. The third-order valence-corrected chi connectivity index (χ3v) is 4.84. The average Bonchev–Trinajstić information content (AvgIpc) is 2.74. The second-order valence-electron chi connectivity index (χ2n) is 6.58. The average molecular weight is 365 g/mol. The van der Waals surface area contributed by atoms with E-state index in [1.165, 1.54) is 0 Å². The highest BCUT2D eigenvalue weighted by molar-refractivity contribution is 5.98. The number of likely N-dealkylation sites (tertiary alicyclic amines) is 1. The standard InChI is InChI=1S/C21H23N3O3/c1-22-20(26)17-7-9-18(10-8-17)23-21(27)24-13-11-16(12-14-24)19(25)15-5-3-2-4-6-15/h2-10,16H,11-14H2,1H3,(H,22,26)(H,23,27). The van der Waals surface area contributed by atoms with Gasteiger partial charge >= 0.3 is 6.03 Å². The van der Waals surface area contributed by atoms with E-state index in [-0.39, 0.29) is 23.6 Å². The van der Waals surface area contributed by atoms with Gasteiger partial charge in [-0.25, -0.2) is 4.79 Å². The Kier molecular flexibility index (Phi) is 5.86. The lowest BCUT2D eigenvalue weighted by atomic mass is 9.89. The summed E-state index contributed by atoms with van der Waals surface area (Å²) in [6, 6.07) is 15.9. The van der Waals surface area contributed by atoms with Crippen LogP contribution in [0.3, 0.4) is 0 Å². The molecule has 1 saturated heterocycles. The summed E-state index contributed by atoms with van der Waals surface area (Å²) in [5.41, 5.74) is 1.91. The van der Waals surface area contributed by atoms with Crippen molar-refractivity contribution in [2.24, 2.45) is 5.92 Å². The number of carbonyl (C=O) groups excluding carboxylic acids is 3. The van der Waals surface area contributed by atoms with E-state index >= 15 is 0 Å². The van der Waals surface area contributed by atoms with Gasteiger partial charge < -0.3 is 15.5 Å². The first kappa shape index (κ1) is 18.6. The molecule has 1 heterocycles. The van der Waals surface area contributed by atoms with E-state index in [1.54, 1.807) is 36.2 Å². The van der Waals surface area contributed by atoms with Crippen molar-refractivity contribution in [1.29, 1.82) is 0 Å². The quantitative estimate of drug-likeness (QED) is 0.817. The summed E-state index contributed by atoms with van der Waals surface area (Å²) >= 11 is 0. The Labute approximate surface area is 158 Å². The molecule has 3 rings (SSSR count). The van der Waals surface area contributed by atoms with Gasteiger partial charge in [0.2, 0.25) is 0 Å². The summed E-state index contributed by atoms with van der Waals surface area (Å²) < 4.78 is 0. The molecule has 0 saturated carbocycles. The Bertz CT molecular complexity index is 810. The van der Waals surface area contributed by atoms with E-state index in [0.717, 1.165) is 5.56 Å². The molecule has 3 amide bonds. The summed E-state index contributed by atoms with van der Waals surface area (Å²) in [5, 5.41) is 5.40. The molecule has 2 aromatic carbocycles. The first-order chi connectivity index (χ1) is 13.1. The van der Waals surface area contributed by atoms with Crippen LogP contribution in [-0.2, 0) is 0 Å². The van der Waals surface area contributed by atoms with Gasteiger partial charge in [0.15, 0.2) is 5.78 Å². The van der Waals surface area contributed by atoms with Crippen molar-refractivity contribution in [1.82, 2.24) is 10.2 Å². The van der Waals surface area contributed by atoms with Crippen molar-refractivity contribution in [3.05, 3.63) is 65.7 Å². The van der Waals surface area contributed by atoms with Crippen molar-refractivity contribution in [2.75, 3.05) is 25.5 Å². The van der Waals surface area contributed by atoms with Crippen molar-refractivity contribution < 1.29 is 14.4 Å². The number of ketones is 1. The molecule has 2 N–H and O–H groups in total. The molecule has 0 bridgehead atoms. The molecule has 1 fully saturated rings. The highest BCUT2D eigenvalue weighted by Gasteiger charge is 2.27. The predicted molar refractivity (Wildman–Crippen MR) is 104 cm³/mol. The fraction of sp³-hybridized carbons (Fsp3) is 0.286. The molecule has 2 aromatic rings. The first-order valence-electron chi connectivity index (χ1n) is 9.06. The molecule has 0 radical (unpaired) electrons. The van der Waals surface area contributed by atoms with Crippen molar-refractivity contribution in [2.45, 2.75) is 12.8 Å². The van der Waals surface area contributed by atoms with Crippen LogP contribution in [0.5, 0.6) is 0 Å². The minimum atomic E-state index is -0.187. The molecule has 6 heteroatoms. The van der Waals surface area contributed by atoms with Gasteiger partial charge in [0.1, 0.15) is 0 Å². The number of hydrogen-bond donors (Lipinski definition) is 2. The molecule has 0 aromatic heterocycles. The van der Waals surface area contributed by atoms with Gasteiger partial charge in [-0.05, 0) is 37.1 Å². The number of piperidine rings is 1. The molecule has 6 nitrogen and oxygen atoms in total. The highest BCUT2D eigenvalue weighted by Crippen LogP contribution is 2.22. The molecular weight excluding hydrogens is 342 g/mol. The van der Waals surface area contributed by atoms with E-state index in [4.69, 9.17) is 0 Å². The zero-order valence-corrected chi connectivity index (χ0v) is 15.3. The minimum absolute atomic E-state index is 0.0386. The van der Waals surface area contributed by atoms with Crippen LogP contribution in [0.1, 0.15) is 33.6 Å². The van der Waals surface area contributed by atoms with E-state index in [2.05, 4.69) is 10.6 Å². The molecule has 140 valence electrons. The Morgan fingerprint density at radius 2 is 1.52 bits per heavy atom. The van der Waals surface area contributed by atoms with Crippen molar-refractivity contribution in [3.63, 3.8) is 0 Å². The first-order valence-corrected chi connectivity index (χ1v) is 9.06. The number of carbonyl (C=O) groups is 3. The van der Waals surface area contributed by atoms with Crippen LogP contribution in [0, 0.1) is 5.92 Å². The molecule has 0 atom stereocenters. The Balaban J connectivity index is 1.52. The second kappa shape index (κ2) is 8.49. The van der Waals surface area contributed by atoms with Gasteiger partial charge in [-0.2, -0.15) is 0 Å². The van der Waals surface area contributed by atoms with Crippen LogP contribution >= 0.6 is 0 Å². The number of nitrogens with one attached hydrogen (secondary N) is 2. The van der Waals surface area contributed by atoms with Gasteiger partial charge in [-0.3, -0.25) is 9.59 Å². The van der Waals surface area contributed by atoms with Gasteiger partial charge in [-0.15, -0.1) is 0 Å². The molecule has 0 spiro atoms. The number of urea groups is 1. The van der Waals surface area contributed by atoms with Crippen molar-refractivity contribution in [3.8, 4) is 0 Å². The van der Waals surface area contributed by atoms with Gasteiger partial charge in [-0.1, -0.05) is 30.3 Å². The summed E-state index contributed by atoms with van der Waals surface area (Å²) in [6.07, 6.45) is 1.33. The van der Waals surface area contributed by atoms with Gasteiger partial charge in [0, 0.05) is 42.9 Å². The van der Waals surface area contributed by atoms with E-state index in [0.29, 0.717) is 37.2 Å². The number of hydrogen-bond acceptors (Lipinski definition) is 3. The molecular formula is C21H23N3O3. The molecule has 0 unspecified atom stereocenters. The summed E-state index contributed by atoms with van der Waals surface area (Å²) in [4.78, 5) is 38.2. The topological polar surface area (TPSA) is 78.5 Å². The largest absolute Gasteiger partial charge is 0.355 e. The normalized spacial score (nSPS) is 14.5. The van der Waals surface area contributed by atoms with Crippen LogP contribution in [0.25, 0.3) is 0 Å². The summed E-state index contributed by atoms with van der Waals surface area (Å²) in [5.74, 6) is -0.0539. The predicted octanol–water partition coefficient (Wildman–Crippen LogP) is 3.17. The summed E-state index contributed by atoms with van der Waals surface area (Å²) in [6.45, 7) is 1.09. The number of amides is 3. The third kappa shape index (κ3) is 4.53. The maximum absolute atomic E-state index is 12.5. The van der Waals surface area contributed by atoms with Crippen LogP contribution in [0.4, 0.5) is 10.5 Å². The zero-order valence-electron chi connectivity index (χ0n) is 15.3. The smallest absolute Gasteiger partial charge is 0.321 e. The van der Waals surface area contributed by atoms with Gasteiger partial charge in [0.05, 0.1) is 0 Å². The Morgan fingerprint density at radius 3 is 2.11 bits per heavy atom. The SMILES string of the molecule is CNC(=O)c1ccc(NC(=O)N2CCC(C(=O)c3ccccc3)CC2)cc1.